The molecule has 3 N–H and O–H groups in total. The standard InChI is InChI=1S/C21H24N4O/c1-16(15-26)23-21-24-19(18-10-6-3-7-11-18)14-20(25-21)22-13-12-17-8-4-2-5-9-17/h2-11,14,16,26H,12-13,15H2,1H3,(H2,22,23,24,25)/t16-/m1/s1. The zero-order chi connectivity index (χ0) is 18.2. The molecule has 0 amide bonds. The highest BCUT2D eigenvalue weighted by Gasteiger charge is 2.09. The number of rotatable bonds is 8. The van der Waals surface area contributed by atoms with Gasteiger partial charge in [0.15, 0.2) is 0 Å². The van der Waals surface area contributed by atoms with Crippen LogP contribution in [0, 0.1) is 0 Å². The lowest BCUT2D eigenvalue weighted by molar-refractivity contribution is 0.281. The molecular weight excluding hydrogens is 324 g/mol. The third-order valence-electron chi connectivity index (χ3n) is 4.01. The fourth-order valence-corrected chi connectivity index (χ4v) is 2.60. The molecule has 0 bridgehead atoms. The maximum Gasteiger partial charge on any atom is 0.225 e. The van der Waals surface area contributed by atoms with Crippen molar-refractivity contribution in [3.63, 3.8) is 0 Å². The molecule has 5 nitrogen and oxygen atoms in total. The molecule has 3 aromatic rings. The summed E-state index contributed by atoms with van der Waals surface area (Å²) in [5.74, 6) is 1.28. The van der Waals surface area contributed by atoms with Gasteiger partial charge in [-0.1, -0.05) is 60.7 Å². The smallest absolute Gasteiger partial charge is 0.225 e. The number of nitrogens with one attached hydrogen (secondary N) is 2. The number of hydrogen-bond acceptors (Lipinski definition) is 5. The molecule has 0 fully saturated rings. The number of hydrogen-bond donors (Lipinski definition) is 3. The van der Waals surface area contributed by atoms with Gasteiger partial charge in [-0.15, -0.1) is 0 Å². The van der Waals surface area contributed by atoms with Crippen LogP contribution in [0.1, 0.15) is 12.5 Å². The van der Waals surface area contributed by atoms with Crippen molar-refractivity contribution in [1.82, 2.24) is 9.97 Å². The fraction of sp³-hybridized carbons (Fsp3) is 0.238. The van der Waals surface area contributed by atoms with Crippen LogP contribution >= 0.6 is 0 Å². The van der Waals surface area contributed by atoms with E-state index >= 15 is 0 Å². The number of anilines is 2. The number of aromatic nitrogens is 2. The predicted octanol–water partition coefficient (Wildman–Crippen LogP) is 3.59. The average Bonchev–Trinajstić information content (AvgIpc) is 2.69. The lowest BCUT2D eigenvalue weighted by atomic mass is 10.1. The van der Waals surface area contributed by atoms with E-state index in [0.29, 0.717) is 5.95 Å². The summed E-state index contributed by atoms with van der Waals surface area (Å²) in [6, 6.07) is 22.2. The summed E-state index contributed by atoms with van der Waals surface area (Å²) in [5, 5.41) is 15.8. The molecule has 5 heteroatoms. The molecule has 0 aliphatic rings. The summed E-state index contributed by atoms with van der Waals surface area (Å²) >= 11 is 0. The SMILES string of the molecule is C[C@H](CO)Nc1nc(NCCc2ccccc2)cc(-c2ccccc2)n1. The van der Waals surface area contributed by atoms with Crippen molar-refractivity contribution in [2.45, 2.75) is 19.4 Å². The maximum atomic E-state index is 9.29. The van der Waals surface area contributed by atoms with E-state index in [2.05, 4.69) is 32.7 Å². The average molecular weight is 348 g/mol. The molecular formula is C21H24N4O. The lowest BCUT2D eigenvalue weighted by Crippen LogP contribution is -2.21. The molecule has 3 rings (SSSR count). The molecule has 0 saturated carbocycles. The Morgan fingerprint density at radius 3 is 2.35 bits per heavy atom. The van der Waals surface area contributed by atoms with Crippen molar-refractivity contribution in [2.75, 3.05) is 23.8 Å². The summed E-state index contributed by atoms with van der Waals surface area (Å²) in [6.45, 7) is 2.70. The van der Waals surface area contributed by atoms with E-state index in [4.69, 9.17) is 0 Å². The summed E-state index contributed by atoms with van der Waals surface area (Å²) < 4.78 is 0. The lowest BCUT2D eigenvalue weighted by Gasteiger charge is -2.14. The molecule has 1 heterocycles. The van der Waals surface area contributed by atoms with E-state index in [0.717, 1.165) is 30.0 Å². The highest BCUT2D eigenvalue weighted by molar-refractivity contribution is 5.64. The van der Waals surface area contributed by atoms with E-state index in [-0.39, 0.29) is 12.6 Å². The van der Waals surface area contributed by atoms with Crippen molar-refractivity contribution in [2.24, 2.45) is 0 Å². The Hall–Kier alpha value is -2.92. The van der Waals surface area contributed by atoms with E-state index in [1.807, 2.05) is 61.5 Å². The third kappa shape index (κ3) is 5.04. The molecule has 0 aliphatic carbocycles. The normalized spacial score (nSPS) is 11.8. The van der Waals surface area contributed by atoms with Crippen molar-refractivity contribution < 1.29 is 5.11 Å². The first-order valence-electron chi connectivity index (χ1n) is 8.84. The topological polar surface area (TPSA) is 70.1 Å². The van der Waals surface area contributed by atoms with Gasteiger partial charge in [-0.2, -0.15) is 4.98 Å². The Labute approximate surface area is 154 Å². The van der Waals surface area contributed by atoms with E-state index in [9.17, 15) is 5.11 Å². The molecule has 134 valence electrons. The van der Waals surface area contributed by atoms with E-state index in [1.54, 1.807) is 0 Å². The van der Waals surface area contributed by atoms with Crippen molar-refractivity contribution >= 4 is 11.8 Å². The molecule has 2 aromatic carbocycles. The van der Waals surface area contributed by atoms with E-state index < -0.39 is 0 Å². The van der Waals surface area contributed by atoms with Crippen LogP contribution in [-0.4, -0.2) is 34.3 Å². The van der Waals surface area contributed by atoms with Crippen LogP contribution in [0.25, 0.3) is 11.3 Å². The van der Waals surface area contributed by atoms with Crippen molar-refractivity contribution in [3.05, 3.63) is 72.3 Å². The molecule has 26 heavy (non-hydrogen) atoms. The van der Waals surface area contributed by atoms with Gasteiger partial charge in [0.1, 0.15) is 5.82 Å². The van der Waals surface area contributed by atoms with Gasteiger partial charge in [-0.05, 0) is 18.9 Å². The van der Waals surface area contributed by atoms with Crippen molar-refractivity contribution in [1.29, 1.82) is 0 Å². The minimum absolute atomic E-state index is 0.0235. The number of aliphatic hydroxyl groups excluding tert-OH is 1. The van der Waals surface area contributed by atoms with Crippen LogP contribution < -0.4 is 10.6 Å². The highest BCUT2D eigenvalue weighted by Crippen LogP contribution is 2.21. The molecule has 0 unspecified atom stereocenters. The number of aliphatic hydroxyl groups is 1. The first-order chi connectivity index (χ1) is 12.7. The minimum atomic E-state index is -0.113. The van der Waals surface area contributed by atoms with Gasteiger partial charge in [0, 0.05) is 24.2 Å². The summed E-state index contributed by atoms with van der Waals surface area (Å²) in [6.07, 6.45) is 0.918. The van der Waals surface area contributed by atoms with E-state index in [1.165, 1.54) is 5.56 Å². The first kappa shape index (κ1) is 17.9. The Bertz CT molecular complexity index is 809. The molecule has 0 aliphatic heterocycles. The van der Waals surface area contributed by atoms with Gasteiger partial charge < -0.3 is 15.7 Å². The van der Waals surface area contributed by atoms with Crippen LogP contribution in [-0.2, 0) is 6.42 Å². The quantitative estimate of drug-likeness (QED) is 0.580. The molecule has 0 spiro atoms. The monoisotopic (exact) mass is 348 g/mol. The second-order valence-corrected chi connectivity index (χ2v) is 6.22. The highest BCUT2D eigenvalue weighted by atomic mass is 16.3. The van der Waals surface area contributed by atoms with Gasteiger partial charge in [0.05, 0.1) is 12.3 Å². The molecule has 1 aromatic heterocycles. The van der Waals surface area contributed by atoms with Crippen LogP contribution in [0.5, 0.6) is 0 Å². The van der Waals surface area contributed by atoms with Gasteiger partial charge >= 0.3 is 0 Å². The van der Waals surface area contributed by atoms with Crippen LogP contribution in [0.3, 0.4) is 0 Å². The van der Waals surface area contributed by atoms with Crippen LogP contribution in [0.4, 0.5) is 11.8 Å². The molecule has 1 atom stereocenters. The summed E-state index contributed by atoms with van der Waals surface area (Å²) in [7, 11) is 0. The molecule has 0 radical (unpaired) electrons. The third-order valence-corrected chi connectivity index (χ3v) is 4.01. The second-order valence-electron chi connectivity index (χ2n) is 6.22. The van der Waals surface area contributed by atoms with Crippen molar-refractivity contribution in [3.8, 4) is 11.3 Å². The van der Waals surface area contributed by atoms with Gasteiger partial charge in [-0.25, -0.2) is 4.98 Å². The maximum absolute atomic E-state index is 9.29. The van der Waals surface area contributed by atoms with Gasteiger partial charge in [0.25, 0.3) is 0 Å². The zero-order valence-electron chi connectivity index (χ0n) is 14.9. The number of nitrogens with zero attached hydrogens (tertiary/aromatic N) is 2. The van der Waals surface area contributed by atoms with Crippen LogP contribution in [0.15, 0.2) is 66.7 Å². The van der Waals surface area contributed by atoms with Crippen LogP contribution in [0.2, 0.25) is 0 Å². The Morgan fingerprint density at radius 2 is 1.65 bits per heavy atom. The minimum Gasteiger partial charge on any atom is -0.394 e. The number of benzene rings is 2. The largest absolute Gasteiger partial charge is 0.394 e. The molecule has 0 saturated heterocycles. The fourth-order valence-electron chi connectivity index (χ4n) is 2.60. The Kier molecular flexibility index (Phi) is 6.17. The first-order valence-corrected chi connectivity index (χ1v) is 8.84. The summed E-state index contributed by atoms with van der Waals surface area (Å²) in [5.41, 5.74) is 3.15. The second kappa shape index (κ2) is 8.97. The predicted molar refractivity (Wildman–Crippen MR) is 106 cm³/mol. The van der Waals surface area contributed by atoms with Gasteiger partial charge in [0.2, 0.25) is 5.95 Å². The Morgan fingerprint density at radius 1 is 0.962 bits per heavy atom. The zero-order valence-corrected chi connectivity index (χ0v) is 14.9. The summed E-state index contributed by atoms with van der Waals surface area (Å²) in [4.78, 5) is 9.12. The van der Waals surface area contributed by atoms with Gasteiger partial charge in [-0.3, -0.25) is 0 Å². The Balaban J connectivity index is 1.77.